The van der Waals surface area contributed by atoms with E-state index < -0.39 is 0 Å². The van der Waals surface area contributed by atoms with E-state index in [0.717, 1.165) is 41.5 Å². The van der Waals surface area contributed by atoms with Gasteiger partial charge in [-0.2, -0.15) is 0 Å². The lowest BCUT2D eigenvalue weighted by molar-refractivity contribution is -0.165. The number of carbonyl (C=O) groups is 1. The molecule has 1 saturated heterocycles. The molecule has 1 heterocycles. The summed E-state index contributed by atoms with van der Waals surface area (Å²) >= 11 is 3.54. The van der Waals surface area contributed by atoms with E-state index in [0.29, 0.717) is 24.5 Å². The molecule has 7 heteroatoms. The van der Waals surface area contributed by atoms with Gasteiger partial charge < -0.3 is 14.2 Å². The van der Waals surface area contributed by atoms with E-state index in [1.54, 1.807) is 6.07 Å². The van der Waals surface area contributed by atoms with E-state index in [9.17, 15) is 4.79 Å². The van der Waals surface area contributed by atoms with E-state index in [1.165, 1.54) is 0 Å². The molecule has 0 aromatic heterocycles. The van der Waals surface area contributed by atoms with Crippen LogP contribution < -0.4 is 15.6 Å². The second-order valence-electron chi connectivity index (χ2n) is 9.37. The molecule has 0 bridgehead atoms. The Labute approximate surface area is 205 Å². The molecule has 0 saturated carbocycles. The second kappa shape index (κ2) is 12.0. The van der Waals surface area contributed by atoms with Gasteiger partial charge in [0.05, 0.1) is 17.1 Å². The van der Waals surface area contributed by atoms with Crippen molar-refractivity contribution in [2.45, 2.75) is 59.3 Å². The lowest BCUT2D eigenvalue weighted by Gasteiger charge is -2.32. The van der Waals surface area contributed by atoms with E-state index in [2.05, 4.69) is 59.7 Å². The Hall–Kier alpha value is -1.93. The monoisotopic (exact) mass is 518 g/mol. The predicted molar refractivity (Wildman–Crippen MR) is 133 cm³/mol. The van der Waals surface area contributed by atoms with Crippen LogP contribution in [0.1, 0.15) is 67.6 Å². The van der Waals surface area contributed by atoms with E-state index in [1.807, 2.05) is 31.2 Å². The number of ether oxygens (including phenoxy) is 3. The van der Waals surface area contributed by atoms with Crippen LogP contribution in [0.2, 0.25) is 0 Å². The van der Waals surface area contributed by atoms with Crippen molar-refractivity contribution in [2.24, 2.45) is 5.41 Å². The van der Waals surface area contributed by atoms with Crippen LogP contribution >= 0.6 is 15.9 Å². The SMILES string of the molecule is Cc1c(C(=O)NNC(c2ccccc2)C(C)(C)C)ccc(Br)c1OCCOC1CCCCO1. The number of hydrogen-bond acceptors (Lipinski definition) is 5. The summed E-state index contributed by atoms with van der Waals surface area (Å²) in [7, 11) is 0. The third-order valence-corrected chi connectivity index (χ3v) is 6.33. The minimum Gasteiger partial charge on any atom is -0.490 e. The lowest BCUT2D eigenvalue weighted by Crippen LogP contribution is -2.44. The lowest BCUT2D eigenvalue weighted by atomic mass is 9.83. The van der Waals surface area contributed by atoms with Crippen molar-refractivity contribution in [2.75, 3.05) is 19.8 Å². The van der Waals surface area contributed by atoms with Crippen LogP contribution in [0.4, 0.5) is 0 Å². The smallest absolute Gasteiger partial charge is 0.265 e. The summed E-state index contributed by atoms with van der Waals surface area (Å²) in [5.74, 6) is 0.438. The van der Waals surface area contributed by atoms with Crippen molar-refractivity contribution >= 4 is 21.8 Å². The topological polar surface area (TPSA) is 68.8 Å². The van der Waals surface area contributed by atoms with Crippen molar-refractivity contribution in [3.05, 3.63) is 63.6 Å². The van der Waals surface area contributed by atoms with Crippen LogP contribution in [0.15, 0.2) is 46.9 Å². The Kier molecular flexibility index (Phi) is 9.32. The molecule has 2 aromatic carbocycles. The molecule has 2 unspecified atom stereocenters. The molecule has 0 aliphatic carbocycles. The van der Waals surface area contributed by atoms with Gasteiger partial charge in [0.2, 0.25) is 0 Å². The van der Waals surface area contributed by atoms with E-state index in [-0.39, 0.29) is 23.7 Å². The Morgan fingerprint density at radius 3 is 2.58 bits per heavy atom. The Morgan fingerprint density at radius 2 is 1.91 bits per heavy atom. The minimum absolute atomic E-state index is 0.0479. The molecule has 180 valence electrons. The number of halogens is 1. The van der Waals surface area contributed by atoms with Gasteiger partial charge >= 0.3 is 0 Å². The van der Waals surface area contributed by atoms with Gasteiger partial charge in [0.15, 0.2) is 6.29 Å². The maximum Gasteiger partial charge on any atom is 0.265 e. The summed E-state index contributed by atoms with van der Waals surface area (Å²) in [6.07, 6.45) is 3.00. The highest BCUT2D eigenvalue weighted by Gasteiger charge is 2.27. The Bertz CT molecular complexity index is 908. The summed E-state index contributed by atoms with van der Waals surface area (Å²) in [6, 6.07) is 13.7. The first-order chi connectivity index (χ1) is 15.8. The van der Waals surface area contributed by atoms with Crippen LogP contribution in [-0.4, -0.2) is 32.0 Å². The van der Waals surface area contributed by atoms with Crippen LogP contribution in [0, 0.1) is 12.3 Å². The first-order valence-corrected chi connectivity index (χ1v) is 12.3. The quantitative estimate of drug-likeness (QED) is 0.329. The van der Waals surface area contributed by atoms with Gasteiger partial charge in [0.25, 0.3) is 5.91 Å². The number of amides is 1. The molecule has 3 rings (SSSR count). The number of carbonyl (C=O) groups excluding carboxylic acids is 1. The zero-order chi connectivity index (χ0) is 23.8. The maximum atomic E-state index is 13.0. The first-order valence-electron chi connectivity index (χ1n) is 11.5. The molecular weight excluding hydrogens is 484 g/mol. The fourth-order valence-corrected chi connectivity index (χ4v) is 4.44. The van der Waals surface area contributed by atoms with Gasteiger partial charge in [-0.05, 0) is 65.2 Å². The maximum absolute atomic E-state index is 13.0. The van der Waals surface area contributed by atoms with Crippen molar-refractivity contribution in [3.8, 4) is 5.75 Å². The van der Waals surface area contributed by atoms with Gasteiger partial charge in [-0.3, -0.25) is 10.2 Å². The molecule has 2 aromatic rings. The highest BCUT2D eigenvalue weighted by Crippen LogP contribution is 2.33. The van der Waals surface area contributed by atoms with Crippen LogP contribution in [0.25, 0.3) is 0 Å². The van der Waals surface area contributed by atoms with Gasteiger partial charge in [0.1, 0.15) is 12.4 Å². The van der Waals surface area contributed by atoms with E-state index in [4.69, 9.17) is 14.2 Å². The van der Waals surface area contributed by atoms with Crippen molar-refractivity contribution in [3.63, 3.8) is 0 Å². The number of hydrazine groups is 1. The summed E-state index contributed by atoms with van der Waals surface area (Å²) in [4.78, 5) is 13.0. The molecule has 2 N–H and O–H groups in total. The average Bonchev–Trinajstić information content (AvgIpc) is 2.79. The normalized spacial score (nSPS) is 17.4. The summed E-state index contributed by atoms with van der Waals surface area (Å²) in [5.41, 5.74) is 8.48. The van der Waals surface area contributed by atoms with Crippen molar-refractivity contribution in [1.82, 2.24) is 10.9 Å². The largest absolute Gasteiger partial charge is 0.490 e. The summed E-state index contributed by atoms with van der Waals surface area (Å²) < 4.78 is 18.1. The van der Waals surface area contributed by atoms with Gasteiger partial charge in [0, 0.05) is 17.7 Å². The number of rotatable bonds is 9. The summed E-state index contributed by atoms with van der Waals surface area (Å²) in [5, 5.41) is 0. The first kappa shape index (κ1) is 25.7. The Balaban J connectivity index is 1.61. The standard InChI is InChI=1S/C26H35BrN2O4/c1-18-20(25(30)29-28-24(26(2,3)4)19-10-6-5-7-11-19)13-14-21(27)23(18)33-17-16-32-22-12-8-9-15-31-22/h5-7,10-11,13-14,22,24,28H,8-9,12,15-17H2,1-4H3,(H,29,30). The number of nitrogens with one attached hydrogen (secondary N) is 2. The molecule has 0 spiro atoms. The predicted octanol–water partition coefficient (Wildman–Crippen LogP) is 5.70. The van der Waals surface area contributed by atoms with Crippen molar-refractivity contribution < 1.29 is 19.0 Å². The van der Waals surface area contributed by atoms with E-state index >= 15 is 0 Å². The van der Waals surface area contributed by atoms with Crippen LogP contribution in [0.5, 0.6) is 5.75 Å². The zero-order valence-electron chi connectivity index (χ0n) is 19.9. The third kappa shape index (κ3) is 7.27. The van der Waals surface area contributed by atoms with Gasteiger partial charge in [-0.25, -0.2) is 5.43 Å². The molecule has 1 aliphatic heterocycles. The average molecular weight is 519 g/mol. The molecule has 6 nitrogen and oxygen atoms in total. The number of hydrogen-bond donors (Lipinski definition) is 2. The minimum atomic E-state index is -0.207. The highest BCUT2D eigenvalue weighted by atomic mass is 79.9. The van der Waals surface area contributed by atoms with Crippen LogP contribution in [-0.2, 0) is 9.47 Å². The summed E-state index contributed by atoms with van der Waals surface area (Å²) in [6.45, 7) is 9.87. The fraction of sp³-hybridized carbons (Fsp3) is 0.500. The zero-order valence-corrected chi connectivity index (χ0v) is 21.5. The molecule has 0 radical (unpaired) electrons. The van der Waals surface area contributed by atoms with Crippen LogP contribution in [0.3, 0.4) is 0 Å². The third-order valence-electron chi connectivity index (χ3n) is 5.70. The van der Waals surface area contributed by atoms with Crippen molar-refractivity contribution in [1.29, 1.82) is 0 Å². The molecule has 1 aliphatic rings. The molecule has 2 atom stereocenters. The highest BCUT2D eigenvalue weighted by molar-refractivity contribution is 9.10. The molecule has 1 amide bonds. The van der Waals surface area contributed by atoms with Gasteiger partial charge in [-0.1, -0.05) is 51.1 Å². The Morgan fingerprint density at radius 1 is 1.15 bits per heavy atom. The second-order valence-corrected chi connectivity index (χ2v) is 10.2. The fourth-order valence-electron chi connectivity index (χ4n) is 3.90. The van der Waals surface area contributed by atoms with Gasteiger partial charge in [-0.15, -0.1) is 0 Å². The molecule has 1 fully saturated rings. The molecule has 33 heavy (non-hydrogen) atoms. The molecular formula is C26H35BrN2O4. The number of benzene rings is 2.